The predicted octanol–water partition coefficient (Wildman–Crippen LogP) is 1.44. The zero-order valence-electron chi connectivity index (χ0n) is 12.5. The first-order valence-corrected chi connectivity index (χ1v) is 6.99. The average molecular weight is 283 g/mol. The second-order valence-corrected chi connectivity index (χ2v) is 4.57. The molecule has 20 heavy (non-hydrogen) atoms. The van der Waals surface area contributed by atoms with E-state index in [2.05, 4.69) is 0 Å². The van der Waals surface area contributed by atoms with E-state index in [-0.39, 0.29) is 6.61 Å². The highest BCUT2D eigenvalue weighted by atomic mass is 16.5. The highest BCUT2D eigenvalue weighted by Gasteiger charge is 2.14. The summed E-state index contributed by atoms with van der Waals surface area (Å²) in [5.41, 5.74) is 0.779. The standard InChI is InChI=1S/C15H25NO4/c1-4-19-14-7-6-12(10-15(14)20-5-2)13(18)11-16(3)8-9-17/h6-7,10,13,17-18H,4-5,8-9,11H2,1-3H3. The second-order valence-electron chi connectivity index (χ2n) is 4.57. The topological polar surface area (TPSA) is 62.2 Å². The predicted molar refractivity (Wildman–Crippen MR) is 78.3 cm³/mol. The Kier molecular flexibility index (Phi) is 7.36. The van der Waals surface area contributed by atoms with E-state index in [1.807, 2.05) is 44.0 Å². The Morgan fingerprint density at radius 1 is 1.15 bits per heavy atom. The minimum absolute atomic E-state index is 0.0801. The molecule has 114 valence electrons. The number of rotatable bonds is 9. The molecule has 5 nitrogen and oxygen atoms in total. The van der Waals surface area contributed by atoms with Crippen molar-refractivity contribution in [2.75, 3.05) is 40.0 Å². The van der Waals surface area contributed by atoms with Gasteiger partial charge >= 0.3 is 0 Å². The monoisotopic (exact) mass is 283 g/mol. The third kappa shape index (κ3) is 5.00. The number of hydrogen-bond acceptors (Lipinski definition) is 5. The van der Waals surface area contributed by atoms with Crippen molar-refractivity contribution >= 4 is 0 Å². The fourth-order valence-corrected chi connectivity index (χ4v) is 1.94. The molecule has 0 saturated carbocycles. The van der Waals surface area contributed by atoms with Crippen LogP contribution in [-0.4, -0.2) is 55.1 Å². The van der Waals surface area contributed by atoms with Crippen LogP contribution in [0.3, 0.4) is 0 Å². The van der Waals surface area contributed by atoms with Gasteiger partial charge in [-0.15, -0.1) is 0 Å². The maximum atomic E-state index is 10.2. The lowest BCUT2D eigenvalue weighted by molar-refractivity contribution is 0.114. The molecule has 0 aliphatic heterocycles. The summed E-state index contributed by atoms with van der Waals surface area (Å²) in [7, 11) is 1.86. The molecule has 0 fully saturated rings. The summed E-state index contributed by atoms with van der Waals surface area (Å²) >= 11 is 0. The van der Waals surface area contributed by atoms with Gasteiger partial charge in [0.05, 0.1) is 25.9 Å². The third-order valence-corrected chi connectivity index (χ3v) is 2.92. The summed E-state index contributed by atoms with van der Waals surface area (Å²) in [6.07, 6.45) is -0.624. The molecule has 0 heterocycles. The molecule has 0 radical (unpaired) electrons. The lowest BCUT2D eigenvalue weighted by Gasteiger charge is -2.21. The highest BCUT2D eigenvalue weighted by Crippen LogP contribution is 2.30. The number of aliphatic hydroxyl groups excluding tert-OH is 2. The third-order valence-electron chi connectivity index (χ3n) is 2.92. The largest absolute Gasteiger partial charge is 0.490 e. The van der Waals surface area contributed by atoms with Crippen molar-refractivity contribution in [2.24, 2.45) is 0 Å². The van der Waals surface area contributed by atoms with Crippen LogP contribution >= 0.6 is 0 Å². The molecule has 0 aromatic heterocycles. The minimum atomic E-state index is -0.624. The van der Waals surface area contributed by atoms with E-state index in [0.29, 0.717) is 37.8 Å². The van der Waals surface area contributed by atoms with Gasteiger partial charge in [0.15, 0.2) is 11.5 Å². The Morgan fingerprint density at radius 3 is 2.40 bits per heavy atom. The number of nitrogens with zero attached hydrogens (tertiary/aromatic N) is 1. The second kappa shape index (κ2) is 8.79. The van der Waals surface area contributed by atoms with E-state index in [1.54, 1.807) is 0 Å². The van der Waals surface area contributed by atoms with Gasteiger partial charge in [0.1, 0.15) is 0 Å². The van der Waals surface area contributed by atoms with E-state index >= 15 is 0 Å². The molecular formula is C15H25NO4. The van der Waals surface area contributed by atoms with E-state index < -0.39 is 6.10 Å². The van der Waals surface area contributed by atoms with Gasteiger partial charge in [-0.1, -0.05) is 6.07 Å². The van der Waals surface area contributed by atoms with Crippen LogP contribution in [-0.2, 0) is 0 Å². The number of benzene rings is 1. The van der Waals surface area contributed by atoms with Crippen molar-refractivity contribution in [1.29, 1.82) is 0 Å². The van der Waals surface area contributed by atoms with Crippen LogP contribution in [0.5, 0.6) is 11.5 Å². The van der Waals surface area contributed by atoms with Crippen LogP contribution < -0.4 is 9.47 Å². The van der Waals surface area contributed by atoms with Crippen molar-refractivity contribution in [3.05, 3.63) is 23.8 Å². The first-order chi connectivity index (χ1) is 9.62. The maximum Gasteiger partial charge on any atom is 0.161 e. The molecule has 1 rings (SSSR count). The summed E-state index contributed by atoms with van der Waals surface area (Å²) in [5, 5.41) is 19.1. The van der Waals surface area contributed by atoms with Crippen LogP contribution in [0.25, 0.3) is 0 Å². The molecule has 0 aliphatic carbocycles. The van der Waals surface area contributed by atoms with Crippen molar-refractivity contribution in [1.82, 2.24) is 4.90 Å². The number of hydrogen-bond donors (Lipinski definition) is 2. The molecule has 0 bridgehead atoms. The maximum absolute atomic E-state index is 10.2. The van der Waals surface area contributed by atoms with Crippen LogP contribution in [0.1, 0.15) is 25.5 Å². The highest BCUT2D eigenvalue weighted by molar-refractivity contribution is 5.43. The van der Waals surface area contributed by atoms with Gasteiger partial charge in [0.25, 0.3) is 0 Å². The molecular weight excluding hydrogens is 258 g/mol. The summed E-state index contributed by atoms with van der Waals surface area (Å²) in [5.74, 6) is 1.34. The van der Waals surface area contributed by atoms with Gasteiger partial charge in [-0.05, 0) is 38.6 Å². The van der Waals surface area contributed by atoms with Crippen LogP contribution in [0.15, 0.2) is 18.2 Å². The Bertz CT molecular complexity index is 397. The molecule has 0 saturated heterocycles. The van der Waals surface area contributed by atoms with Gasteiger partial charge in [0.2, 0.25) is 0 Å². The van der Waals surface area contributed by atoms with Gasteiger partial charge in [-0.2, -0.15) is 0 Å². The zero-order valence-corrected chi connectivity index (χ0v) is 12.5. The van der Waals surface area contributed by atoms with Gasteiger partial charge in [-0.3, -0.25) is 0 Å². The van der Waals surface area contributed by atoms with Crippen molar-refractivity contribution < 1.29 is 19.7 Å². The van der Waals surface area contributed by atoms with E-state index in [0.717, 1.165) is 5.56 Å². The van der Waals surface area contributed by atoms with Crippen LogP contribution in [0.4, 0.5) is 0 Å². The van der Waals surface area contributed by atoms with Crippen molar-refractivity contribution in [2.45, 2.75) is 20.0 Å². The Morgan fingerprint density at radius 2 is 1.80 bits per heavy atom. The van der Waals surface area contributed by atoms with Crippen LogP contribution in [0.2, 0.25) is 0 Å². The molecule has 0 spiro atoms. The minimum Gasteiger partial charge on any atom is -0.490 e. The van der Waals surface area contributed by atoms with E-state index in [1.165, 1.54) is 0 Å². The smallest absolute Gasteiger partial charge is 0.161 e. The number of aliphatic hydroxyl groups is 2. The van der Waals surface area contributed by atoms with Crippen LogP contribution in [0, 0.1) is 0 Å². The summed E-state index contributed by atoms with van der Waals surface area (Å²) < 4.78 is 11.0. The molecule has 5 heteroatoms. The molecule has 1 aromatic carbocycles. The average Bonchev–Trinajstić information content (AvgIpc) is 2.41. The summed E-state index contributed by atoms with van der Waals surface area (Å²) in [6, 6.07) is 5.47. The zero-order chi connectivity index (χ0) is 15.0. The lowest BCUT2D eigenvalue weighted by Crippen LogP contribution is -2.27. The SMILES string of the molecule is CCOc1ccc(C(O)CN(C)CCO)cc1OCC. The Labute approximate surface area is 120 Å². The first kappa shape index (κ1) is 16.8. The lowest BCUT2D eigenvalue weighted by atomic mass is 10.1. The molecule has 1 atom stereocenters. The number of ether oxygens (including phenoxy) is 2. The summed E-state index contributed by atoms with van der Waals surface area (Å²) in [4.78, 5) is 1.88. The molecule has 0 aliphatic rings. The number of likely N-dealkylation sites (N-methyl/N-ethyl adjacent to an activating group) is 1. The molecule has 1 aromatic rings. The van der Waals surface area contributed by atoms with Gasteiger partial charge in [-0.25, -0.2) is 0 Å². The fourth-order valence-electron chi connectivity index (χ4n) is 1.94. The normalized spacial score (nSPS) is 12.5. The van der Waals surface area contributed by atoms with Crippen molar-refractivity contribution in [3.63, 3.8) is 0 Å². The van der Waals surface area contributed by atoms with Gasteiger partial charge in [0, 0.05) is 13.1 Å². The molecule has 2 N–H and O–H groups in total. The fraction of sp³-hybridized carbons (Fsp3) is 0.600. The first-order valence-electron chi connectivity index (χ1n) is 6.99. The van der Waals surface area contributed by atoms with E-state index in [9.17, 15) is 5.11 Å². The van der Waals surface area contributed by atoms with Gasteiger partial charge < -0.3 is 24.6 Å². The Hall–Kier alpha value is -1.30. The molecule has 1 unspecified atom stereocenters. The summed E-state index contributed by atoms with van der Waals surface area (Å²) in [6.45, 7) is 6.02. The molecule has 0 amide bonds. The van der Waals surface area contributed by atoms with Crippen molar-refractivity contribution in [3.8, 4) is 11.5 Å². The van der Waals surface area contributed by atoms with E-state index in [4.69, 9.17) is 14.6 Å². The Balaban J connectivity index is 2.81. The quantitative estimate of drug-likeness (QED) is 0.718.